The zero-order valence-electron chi connectivity index (χ0n) is 11.8. The highest BCUT2D eigenvalue weighted by Gasteiger charge is 2.12. The first kappa shape index (κ1) is 14.4. The van der Waals surface area contributed by atoms with Crippen LogP contribution in [0.25, 0.3) is 11.0 Å². The van der Waals surface area contributed by atoms with E-state index in [1.807, 2.05) is 18.2 Å². The summed E-state index contributed by atoms with van der Waals surface area (Å²) in [6.07, 6.45) is 1.01. The van der Waals surface area contributed by atoms with Crippen LogP contribution in [0.15, 0.2) is 42.5 Å². The van der Waals surface area contributed by atoms with Crippen LogP contribution in [0.5, 0.6) is 0 Å². The van der Waals surface area contributed by atoms with Crippen molar-refractivity contribution in [3.05, 3.63) is 64.4 Å². The second kappa shape index (κ2) is 6.08. The molecule has 1 heterocycles. The van der Waals surface area contributed by atoms with Gasteiger partial charge in [0.2, 0.25) is 0 Å². The fourth-order valence-electron chi connectivity index (χ4n) is 2.65. The van der Waals surface area contributed by atoms with Crippen molar-refractivity contribution in [3.8, 4) is 0 Å². The predicted octanol–water partition coefficient (Wildman–Crippen LogP) is 5.04. The molecular weight excluding hydrogens is 303 g/mol. The lowest BCUT2D eigenvalue weighted by Crippen LogP contribution is -2.06. The Labute approximate surface area is 134 Å². The monoisotopic (exact) mass is 318 g/mol. The molecule has 0 aliphatic carbocycles. The number of nitrogens with zero attached hydrogens (tertiary/aromatic N) is 2. The summed E-state index contributed by atoms with van der Waals surface area (Å²) in [4.78, 5) is 4.60. The van der Waals surface area contributed by atoms with E-state index in [0.29, 0.717) is 10.9 Å². The van der Waals surface area contributed by atoms with Crippen molar-refractivity contribution in [3.63, 3.8) is 0 Å². The predicted molar refractivity (Wildman–Crippen MR) is 89.2 cm³/mol. The minimum Gasteiger partial charge on any atom is -0.322 e. The molecule has 0 radical (unpaired) electrons. The Kier molecular flexibility index (Phi) is 4.18. The van der Waals surface area contributed by atoms with E-state index >= 15 is 0 Å². The first-order valence-electron chi connectivity index (χ1n) is 7.00. The van der Waals surface area contributed by atoms with Crippen molar-refractivity contribution in [2.24, 2.45) is 0 Å². The molecule has 0 saturated carbocycles. The number of aromatic nitrogens is 2. The highest BCUT2D eigenvalue weighted by Crippen LogP contribution is 2.23. The lowest BCUT2D eigenvalue weighted by atomic mass is 10.1. The number of fused-ring (bicyclic) bond motifs is 1. The van der Waals surface area contributed by atoms with Crippen molar-refractivity contribution in [2.45, 2.75) is 25.8 Å². The van der Waals surface area contributed by atoms with Gasteiger partial charge < -0.3 is 4.57 Å². The Morgan fingerprint density at radius 2 is 1.86 bits per heavy atom. The molecule has 0 atom stereocenters. The van der Waals surface area contributed by atoms with Crippen LogP contribution in [-0.4, -0.2) is 9.55 Å². The van der Waals surface area contributed by atoms with Gasteiger partial charge in [-0.25, -0.2) is 4.98 Å². The number of imidazole rings is 1. The number of aryl methyl sites for hydroxylation is 1. The SMILES string of the molecule is CCc1ccccc1Cn1c(CCl)nc2ccc(Cl)cc21. The van der Waals surface area contributed by atoms with Crippen LogP contribution in [0, 0.1) is 0 Å². The standard InChI is InChI=1S/C17H16Cl2N2/c1-2-12-5-3-4-6-13(12)11-21-16-9-14(19)7-8-15(16)20-17(21)10-18/h3-9H,2,10-11H2,1H3. The Hall–Kier alpha value is -1.51. The van der Waals surface area contributed by atoms with Crippen LogP contribution in [-0.2, 0) is 18.8 Å². The van der Waals surface area contributed by atoms with Crippen molar-refractivity contribution in [1.29, 1.82) is 0 Å². The van der Waals surface area contributed by atoms with E-state index in [2.05, 4.69) is 40.7 Å². The molecular formula is C17H16Cl2N2. The van der Waals surface area contributed by atoms with Crippen molar-refractivity contribution in [1.82, 2.24) is 9.55 Å². The maximum absolute atomic E-state index is 6.13. The Balaban J connectivity index is 2.12. The zero-order valence-corrected chi connectivity index (χ0v) is 13.3. The lowest BCUT2D eigenvalue weighted by Gasteiger charge is -2.11. The van der Waals surface area contributed by atoms with Gasteiger partial charge in [-0.05, 0) is 35.7 Å². The molecule has 0 bridgehead atoms. The summed E-state index contributed by atoms with van der Waals surface area (Å²) in [5.74, 6) is 1.26. The molecule has 0 N–H and O–H groups in total. The third-order valence-corrected chi connectivity index (χ3v) is 4.21. The number of hydrogen-bond donors (Lipinski definition) is 0. The molecule has 3 aromatic rings. The largest absolute Gasteiger partial charge is 0.322 e. The van der Waals surface area contributed by atoms with Gasteiger partial charge in [0, 0.05) is 11.6 Å². The van der Waals surface area contributed by atoms with Gasteiger partial charge in [-0.15, -0.1) is 11.6 Å². The van der Waals surface area contributed by atoms with Gasteiger partial charge in [0.05, 0.1) is 16.9 Å². The van der Waals surface area contributed by atoms with Gasteiger partial charge in [0.15, 0.2) is 0 Å². The zero-order chi connectivity index (χ0) is 14.8. The molecule has 0 saturated heterocycles. The summed E-state index contributed by atoms with van der Waals surface area (Å²) >= 11 is 12.2. The van der Waals surface area contributed by atoms with E-state index in [9.17, 15) is 0 Å². The van der Waals surface area contributed by atoms with Crippen molar-refractivity contribution in [2.75, 3.05) is 0 Å². The lowest BCUT2D eigenvalue weighted by molar-refractivity contribution is 0.770. The Bertz CT molecular complexity index is 778. The van der Waals surface area contributed by atoms with Gasteiger partial charge >= 0.3 is 0 Å². The molecule has 0 fully saturated rings. The van der Waals surface area contributed by atoms with Crippen LogP contribution in [0.4, 0.5) is 0 Å². The van der Waals surface area contributed by atoms with Gasteiger partial charge in [0.25, 0.3) is 0 Å². The quantitative estimate of drug-likeness (QED) is 0.616. The van der Waals surface area contributed by atoms with E-state index in [0.717, 1.165) is 29.8 Å². The Morgan fingerprint density at radius 3 is 2.57 bits per heavy atom. The van der Waals surface area contributed by atoms with E-state index in [1.165, 1.54) is 11.1 Å². The van der Waals surface area contributed by atoms with E-state index in [4.69, 9.17) is 23.2 Å². The highest BCUT2D eigenvalue weighted by molar-refractivity contribution is 6.31. The maximum Gasteiger partial charge on any atom is 0.125 e. The third-order valence-electron chi connectivity index (χ3n) is 3.74. The molecule has 0 aliphatic heterocycles. The minimum absolute atomic E-state index is 0.389. The second-order valence-electron chi connectivity index (χ2n) is 5.00. The number of rotatable bonds is 4. The topological polar surface area (TPSA) is 17.8 Å². The molecule has 0 amide bonds. The molecule has 0 aliphatic rings. The Morgan fingerprint density at radius 1 is 1.10 bits per heavy atom. The average molecular weight is 319 g/mol. The molecule has 0 unspecified atom stereocenters. The number of alkyl halides is 1. The minimum atomic E-state index is 0.389. The summed E-state index contributed by atoms with van der Waals surface area (Å²) in [5.41, 5.74) is 4.61. The molecule has 108 valence electrons. The smallest absolute Gasteiger partial charge is 0.125 e. The van der Waals surface area contributed by atoms with Crippen LogP contribution >= 0.6 is 23.2 Å². The van der Waals surface area contributed by atoms with Crippen LogP contribution in [0.3, 0.4) is 0 Å². The van der Waals surface area contributed by atoms with Gasteiger partial charge in [-0.3, -0.25) is 0 Å². The van der Waals surface area contributed by atoms with Gasteiger partial charge in [-0.2, -0.15) is 0 Å². The number of benzene rings is 2. The second-order valence-corrected chi connectivity index (χ2v) is 5.71. The van der Waals surface area contributed by atoms with Crippen LogP contribution in [0.1, 0.15) is 23.9 Å². The van der Waals surface area contributed by atoms with Gasteiger partial charge in [0.1, 0.15) is 5.82 Å². The van der Waals surface area contributed by atoms with E-state index in [-0.39, 0.29) is 0 Å². The fraction of sp³-hybridized carbons (Fsp3) is 0.235. The molecule has 2 nitrogen and oxygen atoms in total. The van der Waals surface area contributed by atoms with E-state index in [1.54, 1.807) is 0 Å². The van der Waals surface area contributed by atoms with E-state index < -0.39 is 0 Å². The molecule has 3 rings (SSSR count). The van der Waals surface area contributed by atoms with Crippen molar-refractivity contribution >= 4 is 34.2 Å². The molecule has 0 spiro atoms. The third kappa shape index (κ3) is 2.78. The summed E-state index contributed by atoms with van der Waals surface area (Å²) < 4.78 is 2.16. The summed E-state index contributed by atoms with van der Waals surface area (Å²) in [5, 5.41) is 0.716. The molecule has 2 aromatic carbocycles. The van der Waals surface area contributed by atoms with Crippen molar-refractivity contribution < 1.29 is 0 Å². The average Bonchev–Trinajstić information content (AvgIpc) is 2.85. The molecule has 1 aromatic heterocycles. The fourth-order valence-corrected chi connectivity index (χ4v) is 3.02. The number of hydrogen-bond acceptors (Lipinski definition) is 1. The highest BCUT2D eigenvalue weighted by atomic mass is 35.5. The normalized spacial score (nSPS) is 11.2. The maximum atomic E-state index is 6.13. The first-order chi connectivity index (χ1) is 10.2. The first-order valence-corrected chi connectivity index (χ1v) is 7.91. The molecule has 4 heteroatoms. The summed E-state index contributed by atoms with van der Waals surface area (Å²) in [6, 6.07) is 14.2. The van der Waals surface area contributed by atoms with Gasteiger partial charge in [-0.1, -0.05) is 42.8 Å². The van der Waals surface area contributed by atoms with Crippen LogP contribution in [0.2, 0.25) is 5.02 Å². The summed E-state index contributed by atoms with van der Waals surface area (Å²) in [6.45, 7) is 2.94. The summed E-state index contributed by atoms with van der Waals surface area (Å²) in [7, 11) is 0. The van der Waals surface area contributed by atoms with Crippen LogP contribution < -0.4 is 0 Å². The number of halogens is 2. The molecule has 21 heavy (non-hydrogen) atoms.